The van der Waals surface area contributed by atoms with Gasteiger partial charge in [-0.1, -0.05) is 19.4 Å². The zero-order chi connectivity index (χ0) is 14.6. The minimum atomic E-state index is 0.409. The maximum absolute atomic E-state index is 5.82. The number of nitrogens with zero attached hydrogens (tertiary/aromatic N) is 1. The lowest BCUT2D eigenvalue weighted by molar-refractivity contribution is 0.130. The molecule has 0 atom stereocenters. The van der Waals surface area contributed by atoms with E-state index >= 15 is 0 Å². The summed E-state index contributed by atoms with van der Waals surface area (Å²) < 4.78 is 10.6. The van der Waals surface area contributed by atoms with Crippen molar-refractivity contribution in [2.45, 2.75) is 26.2 Å². The minimum absolute atomic E-state index is 0.409. The molecule has 1 aromatic rings. The molecule has 5 heteroatoms. The number of methoxy groups -OCH3 is 1. The van der Waals surface area contributed by atoms with Crippen LogP contribution in [0.5, 0.6) is 5.75 Å². The topological polar surface area (TPSA) is 68.9 Å². The molecule has 0 spiro atoms. The van der Waals surface area contributed by atoms with Gasteiger partial charge < -0.3 is 20.5 Å². The fourth-order valence-corrected chi connectivity index (χ4v) is 1.60. The van der Waals surface area contributed by atoms with E-state index in [-0.39, 0.29) is 0 Å². The van der Waals surface area contributed by atoms with Gasteiger partial charge in [0.25, 0.3) is 0 Å². The molecule has 1 rings (SSSR count). The Balaban J connectivity index is 2.23. The molecule has 0 unspecified atom stereocenters. The van der Waals surface area contributed by atoms with Gasteiger partial charge in [0.1, 0.15) is 5.75 Å². The maximum atomic E-state index is 5.82. The van der Waals surface area contributed by atoms with E-state index in [0.29, 0.717) is 12.5 Å². The number of rotatable bonds is 9. The van der Waals surface area contributed by atoms with Crippen LogP contribution in [0.2, 0.25) is 0 Å². The smallest absolute Gasteiger partial charge is 0.193 e. The predicted molar refractivity (Wildman–Crippen MR) is 83.5 cm³/mol. The highest BCUT2D eigenvalue weighted by Crippen LogP contribution is 2.16. The van der Waals surface area contributed by atoms with Crippen LogP contribution in [-0.2, 0) is 4.74 Å². The Kier molecular flexibility index (Phi) is 8.22. The van der Waals surface area contributed by atoms with Crippen LogP contribution in [0, 0.1) is 0 Å². The van der Waals surface area contributed by atoms with Gasteiger partial charge in [-0.3, -0.25) is 4.99 Å². The van der Waals surface area contributed by atoms with E-state index < -0.39 is 0 Å². The minimum Gasteiger partial charge on any atom is -0.497 e. The summed E-state index contributed by atoms with van der Waals surface area (Å²) in [6.07, 6.45) is 3.16. The molecule has 3 N–H and O–H groups in total. The Morgan fingerprint density at radius 1 is 1.30 bits per heavy atom. The van der Waals surface area contributed by atoms with Crippen LogP contribution in [0.25, 0.3) is 0 Å². The number of unbranched alkanes of at least 4 members (excludes halogenated alkanes) is 1. The molecule has 0 heterocycles. The number of benzene rings is 1. The molecule has 112 valence electrons. The van der Waals surface area contributed by atoms with Crippen LogP contribution in [0.15, 0.2) is 29.3 Å². The van der Waals surface area contributed by atoms with Crippen molar-refractivity contribution < 1.29 is 9.47 Å². The van der Waals surface area contributed by atoms with Gasteiger partial charge in [-0.2, -0.15) is 0 Å². The quantitative estimate of drug-likeness (QED) is 0.414. The van der Waals surface area contributed by atoms with Crippen LogP contribution in [-0.4, -0.2) is 32.8 Å². The second kappa shape index (κ2) is 10.1. The Morgan fingerprint density at radius 3 is 2.85 bits per heavy atom. The third-order valence-electron chi connectivity index (χ3n) is 2.71. The molecule has 0 saturated heterocycles. The van der Waals surface area contributed by atoms with Crippen LogP contribution in [0.4, 0.5) is 5.69 Å². The summed E-state index contributed by atoms with van der Waals surface area (Å²) in [6, 6.07) is 7.57. The number of ether oxygens (including phenoxy) is 2. The summed E-state index contributed by atoms with van der Waals surface area (Å²) in [5.41, 5.74) is 6.68. The van der Waals surface area contributed by atoms with Crippen LogP contribution in [0.3, 0.4) is 0 Å². The molecule has 0 bridgehead atoms. The molecule has 1 aromatic carbocycles. The van der Waals surface area contributed by atoms with Crippen molar-refractivity contribution >= 4 is 11.6 Å². The van der Waals surface area contributed by atoms with Gasteiger partial charge in [0.15, 0.2) is 5.96 Å². The Bertz CT molecular complexity index is 408. The molecule has 0 aliphatic carbocycles. The number of hydrogen-bond acceptors (Lipinski definition) is 3. The summed E-state index contributed by atoms with van der Waals surface area (Å²) in [6.45, 7) is 4.38. The van der Waals surface area contributed by atoms with Crippen molar-refractivity contribution in [2.75, 3.05) is 32.2 Å². The van der Waals surface area contributed by atoms with E-state index in [9.17, 15) is 0 Å². The molecule has 0 amide bonds. The average Bonchev–Trinajstić information content (AvgIpc) is 2.46. The fourth-order valence-electron chi connectivity index (χ4n) is 1.60. The first-order chi connectivity index (χ1) is 9.76. The first-order valence-corrected chi connectivity index (χ1v) is 7.05. The lowest BCUT2D eigenvalue weighted by atomic mass is 10.3. The molecule has 5 nitrogen and oxygen atoms in total. The molecule has 0 fully saturated rings. The molecular formula is C15H25N3O2. The van der Waals surface area contributed by atoms with Crippen molar-refractivity contribution in [2.24, 2.45) is 10.7 Å². The Labute approximate surface area is 121 Å². The van der Waals surface area contributed by atoms with Crippen LogP contribution < -0.4 is 15.8 Å². The lowest BCUT2D eigenvalue weighted by Crippen LogP contribution is -2.23. The summed E-state index contributed by atoms with van der Waals surface area (Å²) >= 11 is 0. The van der Waals surface area contributed by atoms with Gasteiger partial charge in [-0.15, -0.1) is 0 Å². The number of nitrogens with two attached hydrogens (primary N) is 1. The third-order valence-corrected chi connectivity index (χ3v) is 2.71. The van der Waals surface area contributed by atoms with Crippen molar-refractivity contribution in [1.82, 2.24) is 0 Å². The van der Waals surface area contributed by atoms with Gasteiger partial charge >= 0.3 is 0 Å². The number of hydrogen-bond donors (Lipinski definition) is 2. The van der Waals surface area contributed by atoms with Crippen molar-refractivity contribution in [3.05, 3.63) is 24.3 Å². The molecule has 0 aliphatic rings. The molecule has 0 radical (unpaired) electrons. The number of anilines is 1. The van der Waals surface area contributed by atoms with Crippen LogP contribution in [0.1, 0.15) is 26.2 Å². The first kappa shape index (κ1) is 16.3. The largest absolute Gasteiger partial charge is 0.497 e. The van der Waals surface area contributed by atoms with E-state index in [1.165, 1.54) is 0 Å². The van der Waals surface area contributed by atoms with E-state index in [0.717, 1.165) is 43.9 Å². The van der Waals surface area contributed by atoms with E-state index in [1.807, 2.05) is 24.3 Å². The van der Waals surface area contributed by atoms with Gasteiger partial charge in [0, 0.05) is 31.5 Å². The van der Waals surface area contributed by atoms with Gasteiger partial charge in [0.2, 0.25) is 0 Å². The first-order valence-electron chi connectivity index (χ1n) is 7.05. The standard InChI is InChI=1S/C15H25N3O2/c1-3-4-10-20-11-6-9-17-15(16)18-13-7-5-8-14(12-13)19-2/h5,7-8,12H,3-4,6,9-11H2,1-2H3,(H3,16,17,18). The number of guanidine groups is 1. The third kappa shape index (κ3) is 6.99. The average molecular weight is 279 g/mol. The highest BCUT2D eigenvalue weighted by molar-refractivity contribution is 5.92. The Hall–Kier alpha value is -1.75. The van der Waals surface area contributed by atoms with E-state index in [2.05, 4.69) is 17.2 Å². The molecular weight excluding hydrogens is 254 g/mol. The van der Waals surface area contributed by atoms with Gasteiger partial charge in [0.05, 0.1) is 7.11 Å². The summed E-state index contributed by atoms with van der Waals surface area (Å²) in [4.78, 5) is 4.26. The summed E-state index contributed by atoms with van der Waals surface area (Å²) in [5, 5.41) is 3.03. The van der Waals surface area contributed by atoms with Crippen molar-refractivity contribution in [3.63, 3.8) is 0 Å². The molecule has 0 aliphatic heterocycles. The van der Waals surface area contributed by atoms with Crippen LogP contribution >= 0.6 is 0 Å². The maximum Gasteiger partial charge on any atom is 0.193 e. The highest BCUT2D eigenvalue weighted by atomic mass is 16.5. The van der Waals surface area contributed by atoms with E-state index in [4.69, 9.17) is 15.2 Å². The zero-order valence-electron chi connectivity index (χ0n) is 12.4. The monoisotopic (exact) mass is 279 g/mol. The highest BCUT2D eigenvalue weighted by Gasteiger charge is 1.97. The Morgan fingerprint density at radius 2 is 2.10 bits per heavy atom. The molecule has 20 heavy (non-hydrogen) atoms. The van der Waals surface area contributed by atoms with Gasteiger partial charge in [-0.25, -0.2) is 0 Å². The molecule has 0 saturated carbocycles. The zero-order valence-corrected chi connectivity index (χ0v) is 12.4. The fraction of sp³-hybridized carbons (Fsp3) is 0.533. The normalized spacial score (nSPS) is 11.4. The number of aliphatic imine (C=N–C) groups is 1. The number of nitrogens with one attached hydrogen (secondary N) is 1. The predicted octanol–water partition coefficient (Wildman–Crippen LogP) is 2.63. The van der Waals surface area contributed by atoms with Crippen molar-refractivity contribution in [1.29, 1.82) is 0 Å². The summed E-state index contributed by atoms with van der Waals surface area (Å²) in [7, 11) is 1.63. The summed E-state index contributed by atoms with van der Waals surface area (Å²) in [5.74, 6) is 1.19. The SMILES string of the molecule is CCCCOCCCN=C(N)Nc1cccc(OC)c1. The second-order valence-corrected chi connectivity index (χ2v) is 4.44. The van der Waals surface area contributed by atoms with Crippen molar-refractivity contribution in [3.8, 4) is 5.75 Å². The molecule has 0 aromatic heterocycles. The van der Waals surface area contributed by atoms with Gasteiger partial charge in [-0.05, 0) is 25.0 Å². The lowest BCUT2D eigenvalue weighted by Gasteiger charge is -2.07. The van der Waals surface area contributed by atoms with E-state index in [1.54, 1.807) is 7.11 Å². The second-order valence-electron chi connectivity index (χ2n) is 4.44.